The SMILES string of the molecule is CC(C)CN(Cc1cccc(CC(C)(C)C)c1)Cc1cccc(CC(C)(C)C)c1. The molecule has 1 heteroatoms. The molecule has 2 aromatic rings. The van der Waals surface area contributed by atoms with E-state index in [-0.39, 0.29) is 0 Å². The van der Waals surface area contributed by atoms with E-state index < -0.39 is 0 Å². The molecule has 0 heterocycles. The highest BCUT2D eigenvalue weighted by molar-refractivity contribution is 5.26. The number of nitrogens with zero attached hydrogens (tertiary/aromatic N) is 1. The molecule has 0 saturated heterocycles. The maximum absolute atomic E-state index is 2.61. The molecule has 0 N–H and O–H groups in total. The van der Waals surface area contributed by atoms with E-state index in [1.165, 1.54) is 22.3 Å². The highest BCUT2D eigenvalue weighted by Gasteiger charge is 2.15. The molecule has 2 rings (SSSR count). The molecule has 0 amide bonds. The minimum Gasteiger partial charge on any atom is -0.295 e. The quantitative estimate of drug-likeness (QED) is 0.448. The third-order valence-corrected chi connectivity index (χ3v) is 4.89. The molecule has 0 bridgehead atoms. The molecule has 0 aromatic heterocycles. The Morgan fingerprint density at radius 2 is 1.03 bits per heavy atom. The van der Waals surface area contributed by atoms with Crippen LogP contribution in [0.5, 0.6) is 0 Å². The van der Waals surface area contributed by atoms with Crippen molar-refractivity contribution < 1.29 is 0 Å². The van der Waals surface area contributed by atoms with Gasteiger partial charge in [0.1, 0.15) is 0 Å². The van der Waals surface area contributed by atoms with Crippen LogP contribution < -0.4 is 0 Å². The van der Waals surface area contributed by atoms with Gasteiger partial charge in [-0.05, 0) is 51.8 Å². The maximum Gasteiger partial charge on any atom is 0.0237 e. The van der Waals surface area contributed by atoms with Crippen LogP contribution in [0.25, 0.3) is 0 Å². The Morgan fingerprint density at radius 1 is 0.655 bits per heavy atom. The molecule has 0 spiro atoms. The van der Waals surface area contributed by atoms with Gasteiger partial charge >= 0.3 is 0 Å². The van der Waals surface area contributed by atoms with Crippen LogP contribution in [-0.4, -0.2) is 11.4 Å². The minimum atomic E-state index is 0.323. The summed E-state index contributed by atoms with van der Waals surface area (Å²) >= 11 is 0. The number of hydrogen-bond acceptors (Lipinski definition) is 1. The number of benzene rings is 2. The van der Waals surface area contributed by atoms with Crippen molar-refractivity contribution in [2.45, 2.75) is 81.3 Å². The van der Waals surface area contributed by atoms with Crippen LogP contribution in [0.1, 0.15) is 77.6 Å². The molecule has 160 valence electrons. The van der Waals surface area contributed by atoms with Crippen molar-refractivity contribution in [2.75, 3.05) is 6.54 Å². The molecular weight excluding hydrogens is 350 g/mol. The van der Waals surface area contributed by atoms with E-state index in [0.717, 1.165) is 32.5 Å². The Bertz CT molecular complexity index is 697. The zero-order chi connectivity index (χ0) is 21.7. The summed E-state index contributed by atoms with van der Waals surface area (Å²) in [6.07, 6.45) is 2.25. The molecule has 0 aliphatic rings. The van der Waals surface area contributed by atoms with Crippen LogP contribution >= 0.6 is 0 Å². The summed E-state index contributed by atoms with van der Waals surface area (Å²) < 4.78 is 0. The molecule has 0 atom stereocenters. The fourth-order valence-corrected chi connectivity index (χ4v) is 4.12. The van der Waals surface area contributed by atoms with Crippen LogP contribution in [0.3, 0.4) is 0 Å². The second-order valence-corrected chi connectivity index (χ2v) is 11.7. The predicted molar refractivity (Wildman–Crippen MR) is 128 cm³/mol. The third kappa shape index (κ3) is 9.63. The van der Waals surface area contributed by atoms with Crippen molar-refractivity contribution >= 4 is 0 Å². The van der Waals surface area contributed by atoms with Gasteiger partial charge in [0.05, 0.1) is 0 Å². The lowest BCUT2D eigenvalue weighted by Crippen LogP contribution is -2.27. The molecule has 0 radical (unpaired) electrons. The summed E-state index contributed by atoms with van der Waals surface area (Å²) in [5.74, 6) is 0.658. The van der Waals surface area contributed by atoms with Crippen molar-refractivity contribution in [3.8, 4) is 0 Å². The van der Waals surface area contributed by atoms with Crippen LogP contribution in [0.4, 0.5) is 0 Å². The third-order valence-electron chi connectivity index (χ3n) is 4.89. The number of rotatable bonds is 8. The van der Waals surface area contributed by atoms with Gasteiger partial charge in [0.15, 0.2) is 0 Å². The fraction of sp³-hybridized carbons (Fsp3) is 0.571. The molecule has 1 nitrogen and oxygen atoms in total. The van der Waals surface area contributed by atoms with E-state index in [1.807, 2.05) is 0 Å². The summed E-state index contributed by atoms with van der Waals surface area (Å²) in [5, 5.41) is 0. The largest absolute Gasteiger partial charge is 0.295 e. The highest BCUT2D eigenvalue weighted by Crippen LogP contribution is 2.23. The first-order valence-electron chi connectivity index (χ1n) is 11.3. The van der Waals surface area contributed by atoms with E-state index in [9.17, 15) is 0 Å². The Labute approximate surface area is 180 Å². The molecule has 0 saturated carbocycles. The number of hydrogen-bond donors (Lipinski definition) is 0. The second-order valence-electron chi connectivity index (χ2n) is 11.7. The van der Waals surface area contributed by atoms with E-state index in [0.29, 0.717) is 16.7 Å². The maximum atomic E-state index is 2.61. The van der Waals surface area contributed by atoms with Gasteiger partial charge in [-0.25, -0.2) is 0 Å². The molecule has 0 fully saturated rings. The first-order valence-corrected chi connectivity index (χ1v) is 11.3. The van der Waals surface area contributed by atoms with Crippen molar-refractivity contribution in [2.24, 2.45) is 16.7 Å². The van der Waals surface area contributed by atoms with E-state index in [4.69, 9.17) is 0 Å². The van der Waals surface area contributed by atoms with Gasteiger partial charge in [-0.2, -0.15) is 0 Å². The second kappa shape index (κ2) is 9.94. The highest BCUT2D eigenvalue weighted by atomic mass is 15.1. The summed E-state index contributed by atoms with van der Waals surface area (Å²) in [6.45, 7) is 21.7. The van der Waals surface area contributed by atoms with Crippen molar-refractivity contribution in [3.05, 3.63) is 70.8 Å². The van der Waals surface area contributed by atoms with Gasteiger partial charge in [0.2, 0.25) is 0 Å². The van der Waals surface area contributed by atoms with Crippen molar-refractivity contribution in [3.63, 3.8) is 0 Å². The average molecular weight is 394 g/mol. The van der Waals surface area contributed by atoms with Crippen LogP contribution in [-0.2, 0) is 25.9 Å². The first kappa shape index (κ1) is 23.7. The molecular formula is C28H43N. The van der Waals surface area contributed by atoms with Crippen molar-refractivity contribution in [1.29, 1.82) is 0 Å². The molecule has 0 aliphatic carbocycles. The Balaban J connectivity index is 2.14. The topological polar surface area (TPSA) is 3.24 Å². The standard InChI is InChI=1S/C28H43N/c1-22(2)19-29(20-25-13-9-11-23(15-25)17-27(3,4)5)21-26-14-10-12-24(16-26)18-28(6,7)8/h9-16,22H,17-21H2,1-8H3. The van der Waals surface area contributed by atoms with E-state index in [2.05, 4.69) is 109 Å². The lowest BCUT2D eigenvalue weighted by molar-refractivity contribution is 0.227. The average Bonchev–Trinajstić information content (AvgIpc) is 2.51. The zero-order valence-electron chi connectivity index (χ0n) is 20.2. The zero-order valence-corrected chi connectivity index (χ0v) is 20.2. The van der Waals surface area contributed by atoms with Gasteiger partial charge in [0, 0.05) is 19.6 Å². The molecule has 0 unspecified atom stereocenters. The van der Waals surface area contributed by atoms with Crippen LogP contribution in [0.15, 0.2) is 48.5 Å². The van der Waals surface area contributed by atoms with E-state index >= 15 is 0 Å². The van der Waals surface area contributed by atoms with Crippen LogP contribution in [0, 0.1) is 16.7 Å². The Hall–Kier alpha value is -1.60. The smallest absolute Gasteiger partial charge is 0.0237 e. The summed E-state index contributed by atoms with van der Waals surface area (Å²) in [6, 6.07) is 18.4. The van der Waals surface area contributed by atoms with Gasteiger partial charge in [0.25, 0.3) is 0 Å². The molecule has 29 heavy (non-hydrogen) atoms. The monoisotopic (exact) mass is 393 g/mol. The van der Waals surface area contributed by atoms with Crippen molar-refractivity contribution in [1.82, 2.24) is 4.90 Å². The van der Waals surface area contributed by atoms with Gasteiger partial charge in [-0.15, -0.1) is 0 Å². The van der Waals surface area contributed by atoms with E-state index in [1.54, 1.807) is 0 Å². The normalized spacial score (nSPS) is 12.8. The van der Waals surface area contributed by atoms with Gasteiger partial charge < -0.3 is 0 Å². The summed E-state index contributed by atoms with van der Waals surface area (Å²) in [7, 11) is 0. The van der Waals surface area contributed by atoms with Gasteiger partial charge in [-0.1, -0.05) is 104 Å². The molecule has 0 aliphatic heterocycles. The summed E-state index contributed by atoms with van der Waals surface area (Å²) in [5.41, 5.74) is 6.41. The minimum absolute atomic E-state index is 0.323. The predicted octanol–water partition coefficient (Wildman–Crippen LogP) is 7.52. The molecule has 2 aromatic carbocycles. The lowest BCUT2D eigenvalue weighted by atomic mass is 9.87. The summed E-state index contributed by atoms with van der Waals surface area (Å²) in [4.78, 5) is 2.61. The Morgan fingerprint density at radius 3 is 1.38 bits per heavy atom. The fourth-order valence-electron chi connectivity index (χ4n) is 4.12. The lowest BCUT2D eigenvalue weighted by Gasteiger charge is -2.26. The Kier molecular flexibility index (Phi) is 8.11. The van der Waals surface area contributed by atoms with Crippen LogP contribution in [0.2, 0.25) is 0 Å². The first-order chi connectivity index (χ1) is 13.4. The van der Waals surface area contributed by atoms with Gasteiger partial charge in [-0.3, -0.25) is 4.90 Å².